The molecule has 23 heavy (non-hydrogen) atoms. The van der Waals surface area contributed by atoms with E-state index in [0.29, 0.717) is 6.10 Å². The van der Waals surface area contributed by atoms with E-state index in [1.165, 1.54) is 11.0 Å². The third-order valence-corrected chi connectivity index (χ3v) is 3.99. The van der Waals surface area contributed by atoms with Gasteiger partial charge < -0.3 is 15.0 Å². The molecular formula is C15H20N6O2. The van der Waals surface area contributed by atoms with Crippen LogP contribution in [0, 0.1) is 0 Å². The number of methoxy groups -OCH3 is 1. The largest absolute Gasteiger partial charge is 0.381 e. The molecule has 1 aliphatic heterocycles. The average Bonchev–Trinajstić information content (AvgIpc) is 3.08. The Bertz CT molecular complexity index is 620. The lowest BCUT2D eigenvalue weighted by atomic mass is 10.1. The van der Waals surface area contributed by atoms with Crippen LogP contribution in [0.15, 0.2) is 30.6 Å². The predicted molar refractivity (Wildman–Crippen MR) is 85.1 cm³/mol. The summed E-state index contributed by atoms with van der Waals surface area (Å²) in [5.74, 6) is -0.161. The molecule has 2 aromatic rings. The fraction of sp³-hybridized carbons (Fsp3) is 0.467. The first kappa shape index (κ1) is 15.4. The lowest BCUT2D eigenvalue weighted by Crippen LogP contribution is -2.36. The number of carbonyl (C=O) groups is 1. The maximum Gasteiger partial charge on any atom is 0.246 e. The Morgan fingerprint density at radius 2 is 2.04 bits per heavy atom. The highest BCUT2D eigenvalue weighted by molar-refractivity contribution is 5.90. The van der Waals surface area contributed by atoms with E-state index >= 15 is 0 Å². The lowest BCUT2D eigenvalue weighted by molar-refractivity contribution is -0.116. The van der Waals surface area contributed by atoms with Crippen LogP contribution in [0.3, 0.4) is 0 Å². The number of hydrogen-bond acceptors (Lipinski definition) is 6. The molecule has 1 N–H and O–H groups in total. The minimum absolute atomic E-state index is 0.0965. The molecular weight excluding hydrogens is 296 g/mol. The van der Waals surface area contributed by atoms with Crippen LogP contribution in [-0.4, -0.2) is 52.4 Å². The van der Waals surface area contributed by atoms with Gasteiger partial charge in [-0.1, -0.05) is 0 Å². The fourth-order valence-electron chi connectivity index (χ4n) is 2.71. The second-order valence-electron chi connectivity index (χ2n) is 5.52. The van der Waals surface area contributed by atoms with Crippen LogP contribution in [0.1, 0.15) is 12.8 Å². The Kier molecular flexibility index (Phi) is 4.82. The summed E-state index contributed by atoms with van der Waals surface area (Å²) < 4.78 is 6.77. The molecule has 0 bridgehead atoms. The topological polar surface area (TPSA) is 85.2 Å². The van der Waals surface area contributed by atoms with Crippen molar-refractivity contribution in [3.63, 3.8) is 0 Å². The Morgan fingerprint density at radius 1 is 1.30 bits per heavy atom. The van der Waals surface area contributed by atoms with Gasteiger partial charge in [0, 0.05) is 31.6 Å². The van der Waals surface area contributed by atoms with Gasteiger partial charge in [0.1, 0.15) is 12.9 Å². The number of nitrogens with zero attached hydrogens (tertiary/aromatic N) is 5. The van der Waals surface area contributed by atoms with E-state index in [1.807, 2.05) is 24.3 Å². The second-order valence-corrected chi connectivity index (χ2v) is 5.52. The number of carbonyl (C=O) groups excluding carboxylic acids is 1. The third-order valence-electron chi connectivity index (χ3n) is 3.99. The number of hydrogen-bond donors (Lipinski definition) is 1. The quantitative estimate of drug-likeness (QED) is 0.883. The van der Waals surface area contributed by atoms with Crippen molar-refractivity contribution < 1.29 is 9.53 Å². The van der Waals surface area contributed by atoms with Crippen LogP contribution < -0.4 is 10.2 Å². The van der Waals surface area contributed by atoms with Gasteiger partial charge in [0.05, 0.1) is 6.10 Å². The minimum atomic E-state index is -0.161. The van der Waals surface area contributed by atoms with Crippen LogP contribution in [0.2, 0.25) is 0 Å². The summed E-state index contributed by atoms with van der Waals surface area (Å²) in [6, 6.07) is 7.88. The molecule has 0 spiro atoms. The van der Waals surface area contributed by atoms with Crippen molar-refractivity contribution in [2.45, 2.75) is 25.5 Å². The van der Waals surface area contributed by atoms with E-state index in [2.05, 4.69) is 25.7 Å². The second kappa shape index (κ2) is 7.19. The average molecular weight is 316 g/mol. The van der Waals surface area contributed by atoms with E-state index in [9.17, 15) is 4.79 Å². The zero-order chi connectivity index (χ0) is 16.1. The van der Waals surface area contributed by atoms with E-state index in [0.717, 1.165) is 37.3 Å². The van der Waals surface area contributed by atoms with Crippen molar-refractivity contribution in [3.05, 3.63) is 30.6 Å². The first-order valence-corrected chi connectivity index (χ1v) is 7.63. The maximum absolute atomic E-state index is 11.9. The summed E-state index contributed by atoms with van der Waals surface area (Å²) in [6.45, 7) is 2.08. The summed E-state index contributed by atoms with van der Waals surface area (Å²) in [5, 5.41) is 13.5. The third kappa shape index (κ3) is 4.04. The summed E-state index contributed by atoms with van der Waals surface area (Å²) in [6.07, 6.45) is 3.87. The zero-order valence-electron chi connectivity index (χ0n) is 13.1. The standard InChI is InChI=1S/C15H20N6O2/c1-23-14-6-8-20(9-7-14)13-4-2-12(3-5-13)17-15(22)10-21-11-16-18-19-21/h2-5,11,14H,6-10H2,1H3,(H,17,22). The molecule has 8 heteroatoms. The van der Waals surface area contributed by atoms with Crippen molar-refractivity contribution in [1.82, 2.24) is 20.2 Å². The smallest absolute Gasteiger partial charge is 0.246 e. The number of nitrogens with one attached hydrogen (secondary N) is 1. The van der Waals surface area contributed by atoms with Gasteiger partial charge in [-0.2, -0.15) is 0 Å². The van der Waals surface area contributed by atoms with Gasteiger partial charge in [-0.25, -0.2) is 4.68 Å². The van der Waals surface area contributed by atoms with Crippen molar-refractivity contribution in [2.24, 2.45) is 0 Å². The molecule has 1 aromatic heterocycles. The van der Waals surface area contributed by atoms with Crippen LogP contribution in [0.25, 0.3) is 0 Å². The van der Waals surface area contributed by atoms with E-state index in [1.54, 1.807) is 7.11 Å². The minimum Gasteiger partial charge on any atom is -0.381 e. The molecule has 0 aliphatic carbocycles. The SMILES string of the molecule is COC1CCN(c2ccc(NC(=O)Cn3cnnn3)cc2)CC1. The molecule has 0 saturated carbocycles. The van der Waals surface area contributed by atoms with Crippen LogP contribution in [0.4, 0.5) is 11.4 Å². The number of amides is 1. The molecule has 1 aliphatic rings. The fourth-order valence-corrected chi connectivity index (χ4v) is 2.71. The maximum atomic E-state index is 11.9. The molecule has 8 nitrogen and oxygen atoms in total. The van der Waals surface area contributed by atoms with Crippen molar-refractivity contribution in [1.29, 1.82) is 0 Å². The predicted octanol–water partition coefficient (Wildman–Crippen LogP) is 0.927. The lowest BCUT2D eigenvalue weighted by Gasteiger charge is -2.33. The van der Waals surface area contributed by atoms with Gasteiger partial charge in [0.2, 0.25) is 5.91 Å². The van der Waals surface area contributed by atoms with Gasteiger partial charge in [-0.3, -0.25) is 4.79 Å². The zero-order valence-corrected chi connectivity index (χ0v) is 13.1. The highest BCUT2D eigenvalue weighted by Gasteiger charge is 2.18. The number of piperidine rings is 1. The number of benzene rings is 1. The van der Waals surface area contributed by atoms with E-state index in [4.69, 9.17) is 4.74 Å². The summed E-state index contributed by atoms with van der Waals surface area (Å²) in [7, 11) is 1.77. The van der Waals surface area contributed by atoms with Crippen molar-refractivity contribution in [2.75, 3.05) is 30.4 Å². The molecule has 1 amide bonds. The number of anilines is 2. The summed E-state index contributed by atoms with van der Waals surface area (Å²) in [5.41, 5.74) is 1.93. The van der Waals surface area contributed by atoms with Gasteiger partial charge in [-0.15, -0.1) is 5.10 Å². The molecule has 2 heterocycles. The van der Waals surface area contributed by atoms with Gasteiger partial charge in [0.25, 0.3) is 0 Å². The number of tetrazole rings is 1. The molecule has 0 atom stereocenters. The molecule has 1 saturated heterocycles. The molecule has 122 valence electrons. The van der Waals surface area contributed by atoms with Gasteiger partial charge in [0.15, 0.2) is 0 Å². The van der Waals surface area contributed by atoms with E-state index in [-0.39, 0.29) is 12.5 Å². The monoisotopic (exact) mass is 316 g/mol. The molecule has 0 unspecified atom stereocenters. The number of aromatic nitrogens is 4. The first-order chi connectivity index (χ1) is 11.2. The Hall–Kier alpha value is -2.48. The normalized spacial score (nSPS) is 15.6. The van der Waals surface area contributed by atoms with Gasteiger partial charge in [-0.05, 0) is 47.5 Å². The number of rotatable bonds is 5. The molecule has 1 fully saturated rings. The highest BCUT2D eigenvalue weighted by Crippen LogP contribution is 2.22. The van der Waals surface area contributed by atoms with Crippen molar-refractivity contribution >= 4 is 17.3 Å². The number of ether oxygens (including phenoxy) is 1. The van der Waals surface area contributed by atoms with Crippen molar-refractivity contribution in [3.8, 4) is 0 Å². The van der Waals surface area contributed by atoms with E-state index < -0.39 is 0 Å². The summed E-state index contributed by atoms with van der Waals surface area (Å²) in [4.78, 5) is 14.2. The Balaban J connectivity index is 1.54. The molecule has 1 aromatic carbocycles. The van der Waals surface area contributed by atoms with Crippen LogP contribution in [0.5, 0.6) is 0 Å². The summed E-state index contributed by atoms with van der Waals surface area (Å²) >= 11 is 0. The Morgan fingerprint density at radius 3 is 2.65 bits per heavy atom. The molecule has 3 rings (SSSR count). The molecule has 0 radical (unpaired) electrons. The Labute approximate surface area is 134 Å². The highest BCUT2D eigenvalue weighted by atomic mass is 16.5. The van der Waals surface area contributed by atoms with Gasteiger partial charge >= 0.3 is 0 Å². The van der Waals surface area contributed by atoms with Crippen LogP contribution >= 0.6 is 0 Å². The first-order valence-electron chi connectivity index (χ1n) is 7.63. The van der Waals surface area contributed by atoms with Crippen LogP contribution in [-0.2, 0) is 16.1 Å².